The third kappa shape index (κ3) is 2.99. The highest BCUT2D eigenvalue weighted by Crippen LogP contribution is 2.18. The van der Waals surface area contributed by atoms with Crippen LogP contribution >= 0.6 is 34.2 Å². The van der Waals surface area contributed by atoms with Gasteiger partial charge in [-0.25, -0.2) is 0 Å². The van der Waals surface area contributed by atoms with Crippen molar-refractivity contribution in [1.29, 1.82) is 0 Å². The number of carbonyl (C=O) groups excluding carboxylic acids is 1. The Morgan fingerprint density at radius 3 is 2.79 bits per heavy atom. The Morgan fingerprint density at radius 1 is 1.57 bits per heavy atom. The lowest BCUT2D eigenvalue weighted by Gasteiger charge is -2.07. The van der Waals surface area contributed by atoms with Crippen LogP contribution in [-0.2, 0) is 4.79 Å². The summed E-state index contributed by atoms with van der Waals surface area (Å²) in [6.07, 6.45) is 0. The molecule has 0 fully saturated rings. The summed E-state index contributed by atoms with van der Waals surface area (Å²) in [5, 5.41) is 2.66. The SMILES string of the molecule is C=C(Cl)C(=O)Nc1cc(I)ccc1C. The molecule has 0 spiro atoms. The van der Waals surface area contributed by atoms with E-state index in [-0.39, 0.29) is 10.9 Å². The van der Waals surface area contributed by atoms with Crippen LogP contribution in [0.15, 0.2) is 29.8 Å². The lowest BCUT2D eigenvalue weighted by molar-refractivity contribution is -0.112. The predicted molar refractivity (Wildman–Crippen MR) is 67.5 cm³/mol. The first kappa shape index (κ1) is 11.5. The lowest BCUT2D eigenvalue weighted by atomic mass is 10.2. The highest BCUT2D eigenvalue weighted by atomic mass is 127. The minimum Gasteiger partial charge on any atom is -0.321 e. The number of benzene rings is 1. The molecule has 0 heterocycles. The van der Waals surface area contributed by atoms with Crippen molar-refractivity contribution in [2.75, 3.05) is 5.32 Å². The van der Waals surface area contributed by atoms with Gasteiger partial charge in [0.1, 0.15) is 0 Å². The molecule has 2 nitrogen and oxygen atoms in total. The van der Waals surface area contributed by atoms with E-state index in [1.807, 2.05) is 25.1 Å². The Balaban J connectivity index is 2.91. The molecule has 0 bridgehead atoms. The molecule has 1 aromatic rings. The normalized spacial score (nSPS) is 9.64. The van der Waals surface area contributed by atoms with Crippen LogP contribution < -0.4 is 5.32 Å². The Hall–Kier alpha value is -0.550. The molecule has 0 aliphatic rings. The summed E-state index contributed by atoms with van der Waals surface area (Å²) in [5.74, 6) is -0.364. The maximum absolute atomic E-state index is 11.2. The molecule has 0 radical (unpaired) electrons. The highest BCUT2D eigenvalue weighted by Gasteiger charge is 2.06. The standard InChI is InChI=1S/C10H9ClINO/c1-6-3-4-8(12)5-9(6)13-10(14)7(2)11/h3-5H,2H2,1H3,(H,13,14). The summed E-state index contributed by atoms with van der Waals surface area (Å²) in [5.41, 5.74) is 1.76. The molecule has 1 rings (SSSR count). The smallest absolute Gasteiger partial charge is 0.266 e. The average Bonchev–Trinajstić information content (AvgIpc) is 2.11. The number of rotatable bonds is 2. The van der Waals surface area contributed by atoms with Gasteiger partial charge < -0.3 is 5.32 Å². The lowest BCUT2D eigenvalue weighted by Crippen LogP contribution is -2.11. The minimum atomic E-state index is -0.364. The fourth-order valence-corrected chi connectivity index (χ4v) is 1.46. The van der Waals surface area contributed by atoms with Crippen molar-refractivity contribution < 1.29 is 4.79 Å². The molecule has 0 aliphatic heterocycles. The number of amides is 1. The third-order valence-corrected chi connectivity index (χ3v) is 2.54. The summed E-state index contributed by atoms with van der Waals surface area (Å²) in [6.45, 7) is 5.27. The maximum atomic E-state index is 11.2. The topological polar surface area (TPSA) is 29.1 Å². The van der Waals surface area contributed by atoms with E-state index in [2.05, 4.69) is 34.5 Å². The fraction of sp³-hybridized carbons (Fsp3) is 0.100. The molecular weight excluding hydrogens is 312 g/mol. The quantitative estimate of drug-likeness (QED) is 0.657. The van der Waals surface area contributed by atoms with Crippen molar-refractivity contribution in [3.05, 3.63) is 38.9 Å². The van der Waals surface area contributed by atoms with Crippen LogP contribution in [0.1, 0.15) is 5.56 Å². The van der Waals surface area contributed by atoms with Crippen molar-refractivity contribution in [3.8, 4) is 0 Å². The van der Waals surface area contributed by atoms with Gasteiger partial charge in [-0.2, -0.15) is 0 Å². The Kier molecular flexibility index (Phi) is 3.95. The number of nitrogens with one attached hydrogen (secondary N) is 1. The zero-order chi connectivity index (χ0) is 10.7. The van der Waals surface area contributed by atoms with Crippen LogP contribution in [0, 0.1) is 10.5 Å². The molecule has 0 unspecified atom stereocenters. The second-order valence-electron chi connectivity index (χ2n) is 2.82. The maximum Gasteiger partial charge on any atom is 0.266 e. The summed E-state index contributed by atoms with van der Waals surface area (Å²) >= 11 is 7.64. The number of carbonyl (C=O) groups is 1. The second kappa shape index (κ2) is 4.79. The average molecular weight is 322 g/mol. The van der Waals surface area contributed by atoms with Gasteiger partial charge >= 0.3 is 0 Å². The van der Waals surface area contributed by atoms with E-state index in [1.54, 1.807) is 0 Å². The van der Waals surface area contributed by atoms with Crippen LogP contribution in [0.3, 0.4) is 0 Å². The number of halogens is 2. The monoisotopic (exact) mass is 321 g/mol. The van der Waals surface area contributed by atoms with Crippen molar-refractivity contribution >= 4 is 45.8 Å². The van der Waals surface area contributed by atoms with E-state index in [4.69, 9.17) is 11.6 Å². The third-order valence-electron chi connectivity index (χ3n) is 1.69. The van der Waals surface area contributed by atoms with Crippen molar-refractivity contribution in [2.24, 2.45) is 0 Å². The zero-order valence-electron chi connectivity index (χ0n) is 7.60. The van der Waals surface area contributed by atoms with Gasteiger partial charge in [0.15, 0.2) is 0 Å². The van der Waals surface area contributed by atoms with Gasteiger partial charge in [0.05, 0.1) is 5.03 Å². The molecule has 14 heavy (non-hydrogen) atoms. The van der Waals surface area contributed by atoms with Gasteiger partial charge in [0, 0.05) is 9.26 Å². The number of hydrogen-bond donors (Lipinski definition) is 1. The molecule has 0 saturated heterocycles. The highest BCUT2D eigenvalue weighted by molar-refractivity contribution is 14.1. The van der Waals surface area contributed by atoms with Crippen LogP contribution in [0.25, 0.3) is 0 Å². The van der Waals surface area contributed by atoms with E-state index in [9.17, 15) is 4.79 Å². The Labute approximate surface area is 101 Å². The molecule has 1 aromatic carbocycles. The Bertz CT molecular complexity index is 390. The van der Waals surface area contributed by atoms with E-state index in [0.29, 0.717) is 0 Å². The number of hydrogen-bond acceptors (Lipinski definition) is 1. The molecule has 4 heteroatoms. The molecule has 74 valence electrons. The van der Waals surface area contributed by atoms with Crippen molar-refractivity contribution in [1.82, 2.24) is 0 Å². The number of anilines is 1. The largest absolute Gasteiger partial charge is 0.321 e. The van der Waals surface area contributed by atoms with Crippen LogP contribution in [0.2, 0.25) is 0 Å². The molecular formula is C10H9ClINO. The van der Waals surface area contributed by atoms with Gasteiger partial charge in [0.2, 0.25) is 0 Å². The fourth-order valence-electron chi connectivity index (χ4n) is 0.919. The Morgan fingerprint density at radius 2 is 2.21 bits per heavy atom. The molecule has 1 amide bonds. The van der Waals surface area contributed by atoms with Gasteiger partial charge in [-0.3, -0.25) is 4.79 Å². The van der Waals surface area contributed by atoms with Crippen molar-refractivity contribution in [2.45, 2.75) is 6.92 Å². The van der Waals surface area contributed by atoms with E-state index in [1.165, 1.54) is 0 Å². The van der Waals surface area contributed by atoms with Gasteiger partial charge in [0.25, 0.3) is 5.91 Å². The summed E-state index contributed by atoms with van der Waals surface area (Å²) in [4.78, 5) is 11.2. The predicted octanol–water partition coefficient (Wildman–Crippen LogP) is 3.29. The molecule has 0 aromatic heterocycles. The first-order valence-corrected chi connectivity index (χ1v) is 5.38. The zero-order valence-corrected chi connectivity index (χ0v) is 10.5. The molecule has 0 atom stereocenters. The van der Waals surface area contributed by atoms with E-state index in [0.717, 1.165) is 14.8 Å². The first-order valence-electron chi connectivity index (χ1n) is 3.92. The van der Waals surface area contributed by atoms with Crippen LogP contribution in [0.5, 0.6) is 0 Å². The summed E-state index contributed by atoms with van der Waals surface area (Å²) in [7, 11) is 0. The number of aryl methyl sites for hydroxylation is 1. The molecule has 0 aliphatic carbocycles. The molecule has 0 saturated carbocycles. The summed E-state index contributed by atoms with van der Waals surface area (Å²) < 4.78 is 1.06. The minimum absolute atomic E-state index is 0.0109. The van der Waals surface area contributed by atoms with Gasteiger partial charge in [-0.15, -0.1) is 0 Å². The van der Waals surface area contributed by atoms with Crippen LogP contribution in [0.4, 0.5) is 5.69 Å². The second-order valence-corrected chi connectivity index (χ2v) is 4.52. The van der Waals surface area contributed by atoms with Gasteiger partial charge in [-0.05, 0) is 47.2 Å². The van der Waals surface area contributed by atoms with E-state index >= 15 is 0 Å². The molecule has 1 N–H and O–H groups in total. The van der Waals surface area contributed by atoms with Crippen LogP contribution in [-0.4, -0.2) is 5.91 Å². The van der Waals surface area contributed by atoms with E-state index < -0.39 is 0 Å². The van der Waals surface area contributed by atoms with Gasteiger partial charge in [-0.1, -0.05) is 24.2 Å². The first-order chi connectivity index (χ1) is 6.50. The summed E-state index contributed by atoms with van der Waals surface area (Å²) in [6, 6.07) is 5.79. The van der Waals surface area contributed by atoms with Crippen molar-refractivity contribution in [3.63, 3.8) is 0 Å².